The summed E-state index contributed by atoms with van der Waals surface area (Å²) in [7, 11) is 0. The van der Waals surface area contributed by atoms with Gasteiger partial charge in [0, 0.05) is 23.2 Å². The molecule has 0 N–H and O–H groups in total. The zero-order valence-corrected chi connectivity index (χ0v) is 19.8. The lowest BCUT2D eigenvalue weighted by Gasteiger charge is -2.15. The highest BCUT2D eigenvalue weighted by Gasteiger charge is 2.36. The minimum atomic E-state index is -0.351. The normalized spacial score (nSPS) is 17.2. The van der Waals surface area contributed by atoms with Crippen molar-refractivity contribution in [3.63, 3.8) is 0 Å². The number of hydrogen-bond acceptors (Lipinski definition) is 4. The van der Waals surface area contributed by atoms with Gasteiger partial charge in [-0.2, -0.15) is 0 Å². The molecule has 0 spiro atoms. The molecule has 0 aromatic rings. The van der Waals surface area contributed by atoms with Gasteiger partial charge in [-0.15, -0.1) is 0 Å². The van der Waals surface area contributed by atoms with Crippen molar-refractivity contribution in [3.8, 4) is 0 Å². The van der Waals surface area contributed by atoms with Gasteiger partial charge in [-0.3, -0.25) is 14.4 Å². The van der Waals surface area contributed by atoms with E-state index < -0.39 is 0 Å². The average molecular weight is 397 g/mol. The standard InChI is InChI=1S/C9H16O.C8H14O.C7H14O2/c1-7(2)9(10)8-5-3-4-6-8;1-8(2,3)7(9)6-4-5-6;1-5-9-6(8)7(2,3)4/h7-8H,3-6H2,1-2H3;6H,4-5H2,1-3H3;5H2,1-4H3. The van der Waals surface area contributed by atoms with Gasteiger partial charge in [0.1, 0.15) is 11.6 Å². The van der Waals surface area contributed by atoms with Crippen LogP contribution in [-0.4, -0.2) is 24.1 Å². The van der Waals surface area contributed by atoms with Gasteiger partial charge in [-0.25, -0.2) is 0 Å². The molecule has 0 amide bonds. The smallest absolute Gasteiger partial charge is 0.311 e. The lowest BCUT2D eigenvalue weighted by molar-refractivity contribution is -0.152. The zero-order valence-electron chi connectivity index (χ0n) is 19.8. The summed E-state index contributed by atoms with van der Waals surface area (Å²) in [6.45, 7) is 17.8. The summed E-state index contributed by atoms with van der Waals surface area (Å²) in [5.41, 5.74) is -0.447. The summed E-state index contributed by atoms with van der Waals surface area (Å²) < 4.78 is 4.77. The Morgan fingerprint density at radius 3 is 1.50 bits per heavy atom. The molecule has 0 aliphatic heterocycles. The van der Waals surface area contributed by atoms with Crippen molar-refractivity contribution < 1.29 is 19.1 Å². The largest absolute Gasteiger partial charge is 0.466 e. The van der Waals surface area contributed by atoms with Crippen LogP contribution >= 0.6 is 0 Å². The highest BCUT2D eigenvalue weighted by atomic mass is 16.5. The monoisotopic (exact) mass is 396 g/mol. The molecule has 2 aliphatic rings. The molecule has 0 saturated heterocycles. The fraction of sp³-hybridized carbons (Fsp3) is 0.875. The SMILES string of the molecule is CC(C)(C)C(=O)C1CC1.CC(C)C(=O)C1CCCC1.CCOC(=O)C(C)(C)C. The molecular weight excluding hydrogens is 352 g/mol. The van der Waals surface area contributed by atoms with E-state index in [-0.39, 0.29) is 22.7 Å². The fourth-order valence-electron chi connectivity index (χ4n) is 2.99. The lowest BCUT2D eigenvalue weighted by Crippen LogP contribution is -2.22. The van der Waals surface area contributed by atoms with E-state index in [9.17, 15) is 14.4 Å². The van der Waals surface area contributed by atoms with Crippen LogP contribution in [-0.2, 0) is 19.1 Å². The third-order valence-corrected chi connectivity index (χ3v) is 4.90. The number of hydrogen-bond donors (Lipinski definition) is 0. The van der Waals surface area contributed by atoms with Gasteiger partial charge < -0.3 is 4.74 Å². The van der Waals surface area contributed by atoms with Crippen LogP contribution in [0, 0.1) is 28.6 Å². The molecule has 28 heavy (non-hydrogen) atoms. The van der Waals surface area contributed by atoms with Crippen molar-refractivity contribution >= 4 is 17.5 Å². The summed E-state index contributed by atoms with van der Waals surface area (Å²) in [6.07, 6.45) is 7.10. The predicted molar refractivity (Wildman–Crippen MR) is 115 cm³/mol. The molecule has 0 atom stereocenters. The van der Waals surface area contributed by atoms with Gasteiger partial charge in [0.15, 0.2) is 0 Å². The van der Waals surface area contributed by atoms with E-state index in [0.717, 1.165) is 25.7 Å². The van der Waals surface area contributed by atoms with Gasteiger partial charge in [0.2, 0.25) is 0 Å². The second kappa shape index (κ2) is 11.7. The van der Waals surface area contributed by atoms with Crippen LogP contribution in [0.2, 0.25) is 0 Å². The molecule has 0 radical (unpaired) electrons. The second-order valence-electron chi connectivity index (χ2n) is 10.4. The van der Waals surface area contributed by atoms with Gasteiger partial charge in [-0.05, 0) is 53.4 Å². The third kappa shape index (κ3) is 11.0. The van der Waals surface area contributed by atoms with Crippen molar-refractivity contribution in [3.05, 3.63) is 0 Å². The molecule has 0 unspecified atom stereocenters. The van der Waals surface area contributed by atoms with Crippen LogP contribution in [0.1, 0.15) is 101 Å². The summed E-state index contributed by atoms with van der Waals surface area (Å²) >= 11 is 0. The van der Waals surface area contributed by atoms with Crippen molar-refractivity contribution in [2.75, 3.05) is 6.61 Å². The van der Waals surface area contributed by atoms with Gasteiger partial charge >= 0.3 is 5.97 Å². The molecule has 0 aromatic carbocycles. The zero-order chi connectivity index (χ0) is 22.1. The van der Waals surface area contributed by atoms with E-state index in [4.69, 9.17) is 4.74 Å². The molecular formula is C24H44O4. The topological polar surface area (TPSA) is 60.4 Å². The second-order valence-corrected chi connectivity index (χ2v) is 10.4. The minimum Gasteiger partial charge on any atom is -0.466 e. The van der Waals surface area contributed by atoms with E-state index in [0.29, 0.717) is 30.0 Å². The Balaban J connectivity index is 0.000000392. The van der Waals surface area contributed by atoms with E-state index in [1.165, 1.54) is 12.8 Å². The number of rotatable bonds is 4. The maximum absolute atomic E-state index is 11.3. The Morgan fingerprint density at radius 2 is 1.29 bits per heavy atom. The van der Waals surface area contributed by atoms with E-state index in [2.05, 4.69) is 0 Å². The average Bonchev–Trinajstić information content (AvgIpc) is 3.27. The lowest BCUT2D eigenvalue weighted by atomic mass is 9.88. The fourth-order valence-corrected chi connectivity index (χ4v) is 2.99. The van der Waals surface area contributed by atoms with Crippen LogP contribution in [0.3, 0.4) is 0 Å². The van der Waals surface area contributed by atoms with Crippen LogP contribution in [0.15, 0.2) is 0 Å². The number of Topliss-reactive ketones (excluding diaryl/α,β-unsaturated/α-hetero) is 2. The Morgan fingerprint density at radius 1 is 0.821 bits per heavy atom. The Kier molecular flexibility index (Phi) is 11.2. The summed E-state index contributed by atoms with van der Waals surface area (Å²) in [4.78, 5) is 33.4. The van der Waals surface area contributed by atoms with Crippen molar-refractivity contribution in [1.29, 1.82) is 0 Å². The molecule has 2 rings (SSSR count). The first-order valence-electron chi connectivity index (χ1n) is 11.0. The first kappa shape index (κ1) is 26.8. The van der Waals surface area contributed by atoms with Gasteiger partial charge in [0.25, 0.3) is 0 Å². The van der Waals surface area contributed by atoms with Crippen molar-refractivity contribution in [2.45, 2.75) is 101 Å². The molecule has 2 fully saturated rings. The predicted octanol–water partition coefficient (Wildman–Crippen LogP) is 6.01. The molecule has 4 nitrogen and oxygen atoms in total. The maximum Gasteiger partial charge on any atom is 0.311 e. The number of ketones is 2. The van der Waals surface area contributed by atoms with Crippen molar-refractivity contribution in [1.82, 2.24) is 0 Å². The summed E-state index contributed by atoms with van der Waals surface area (Å²) in [5, 5.41) is 0. The number of ether oxygens (including phenoxy) is 1. The quantitative estimate of drug-likeness (QED) is 0.546. The number of esters is 1. The molecule has 0 heterocycles. The molecule has 164 valence electrons. The van der Waals surface area contributed by atoms with Crippen LogP contribution in [0.5, 0.6) is 0 Å². The Labute approximate surface area is 173 Å². The maximum atomic E-state index is 11.3. The van der Waals surface area contributed by atoms with E-state index >= 15 is 0 Å². The van der Waals surface area contributed by atoms with Crippen molar-refractivity contribution in [2.24, 2.45) is 28.6 Å². The van der Waals surface area contributed by atoms with E-state index in [1.807, 2.05) is 62.3 Å². The molecule has 0 aromatic heterocycles. The number of carbonyl (C=O) groups is 3. The first-order chi connectivity index (χ1) is 12.7. The Hall–Kier alpha value is -1.19. The van der Waals surface area contributed by atoms with Crippen LogP contribution in [0.4, 0.5) is 0 Å². The highest BCUT2D eigenvalue weighted by Crippen LogP contribution is 2.36. The molecule has 0 bridgehead atoms. The summed E-state index contributed by atoms with van der Waals surface area (Å²) in [6, 6.07) is 0. The first-order valence-corrected chi connectivity index (χ1v) is 11.0. The highest BCUT2D eigenvalue weighted by molar-refractivity contribution is 5.87. The number of carbonyl (C=O) groups excluding carboxylic acids is 3. The Bertz CT molecular complexity index is 496. The molecule has 2 aliphatic carbocycles. The van der Waals surface area contributed by atoms with Crippen LogP contribution < -0.4 is 0 Å². The van der Waals surface area contributed by atoms with Gasteiger partial charge in [-0.1, -0.05) is 47.5 Å². The van der Waals surface area contributed by atoms with Gasteiger partial charge in [0.05, 0.1) is 12.0 Å². The molecule has 2 saturated carbocycles. The third-order valence-electron chi connectivity index (χ3n) is 4.90. The molecule has 4 heteroatoms. The summed E-state index contributed by atoms with van der Waals surface area (Å²) in [5.74, 6) is 1.89. The van der Waals surface area contributed by atoms with Crippen LogP contribution in [0.25, 0.3) is 0 Å². The van der Waals surface area contributed by atoms with E-state index in [1.54, 1.807) is 0 Å². The minimum absolute atomic E-state index is 0.0961.